The van der Waals surface area contributed by atoms with Crippen molar-refractivity contribution >= 4 is 125 Å². The molecule has 9 N–H and O–H groups in total. The molecule has 2 aromatic rings. The first-order valence-electron chi connectivity index (χ1n) is 40.4. The number of rotatable bonds is 43. The van der Waals surface area contributed by atoms with E-state index in [9.17, 15) is 62.3 Å². The van der Waals surface area contributed by atoms with Crippen molar-refractivity contribution in [2.45, 2.75) is 204 Å². The van der Waals surface area contributed by atoms with Crippen molar-refractivity contribution in [1.29, 1.82) is 0 Å². The summed E-state index contributed by atoms with van der Waals surface area (Å²) in [4.78, 5) is 158. The maximum Gasteiger partial charge on any atom is 0.417 e. The molecule has 33 heteroatoms. The van der Waals surface area contributed by atoms with Gasteiger partial charge in [0.15, 0.2) is 0 Å². The third kappa shape index (κ3) is 47.4. The van der Waals surface area contributed by atoms with E-state index in [1.54, 1.807) is 89.3 Å². The number of aliphatic carboxylic acids is 4. The highest BCUT2D eigenvalue weighted by molar-refractivity contribution is 8.00. The molecular weight excluding hydrogens is 1610 g/mol. The number of carbonyl (C=O) groups is 13. The summed E-state index contributed by atoms with van der Waals surface area (Å²) in [5.41, 5.74) is 0.748. The lowest BCUT2D eigenvalue weighted by Crippen LogP contribution is -2.55. The molecule has 2 aliphatic rings. The largest absolute Gasteiger partial charge is 0.481 e. The molecule has 119 heavy (non-hydrogen) atoms. The van der Waals surface area contributed by atoms with Gasteiger partial charge in [0, 0.05) is 95.6 Å². The number of hydrogen-bond acceptors (Lipinski definition) is 22. The van der Waals surface area contributed by atoms with E-state index < -0.39 is 65.8 Å². The van der Waals surface area contributed by atoms with Crippen LogP contribution in [0.5, 0.6) is 0 Å². The van der Waals surface area contributed by atoms with Gasteiger partial charge in [-0.3, -0.25) is 47.9 Å². The van der Waals surface area contributed by atoms with Crippen molar-refractivity contribution in [3.05, 3.63) is 96.1 Å². The molecule has 2 aliphatic heterocycles. The van der Waals surface area contributed by atoms with E-state index in [2.05, 4.69) is 60.5 Å². The highest BCUT2D eigenvalue weighted by Gasteiger charge is 2.53. The van der Waals surface area contributed by atoms with Crippen molar-refractivity contribution < 1.29 is 92.2 Å². The van der Waals surface area contributed by atoms with E-state index in [0.29, 0.717) is 68.3 Å². The van der Waals surface area contributed by atoms with E-state index in [1.165, 1.54) is 24.5 Å². The number of thioether (sulfide) groups is 4. The summed E-state index contributed by atoms with van der Waals surface area (Å²) in [6.07, 6.45) is 5.34. The molecule has 2 heterocycles. The van der Waals surface area contributed by atoms with Gasteiger partial charge in [0.2, 0.25) is 35.9 Å². The highest BCUT2D eigenvalue weighted by atomic mass is 32.2. The second-order valence-electron chi connectivity index (χ2n) is 32.0. The average Bonchev–Trinajstić information content (AvgIpc) is 1.63. The SMILES string of the molecule is C=C(CSCC)C(=O)N1C(=O)OC(C)(C)[C@@H]1Cc1ccccc1.C=C(CSCC)C(=O)O.CCCC[C@H](CN(C)C=O)C(=O)N[C@H](C(=O)N(C)C)C(C)(C)C.CCCC[C@H](CNC)C(=O)N1C(=O)OC(C)(C)[C@@H]1Cc1ccccc1.CCSC[C@H](CNC)C(=O)N[C@H](C(=O)N(C)C)C(C)(C)C.CCSC[C@H](CNC)C(=O)O.O=C(O)CC(=O)O. The Morgan fingerprint density at radius 1 is 0.529 bits per heavy atom. The van der Waals surface area contributed by atoms with E-state index in [0.717, 1.165) is 78.4 Å². The predicted molar refractivity (Wildman–Crippen MR) is 482 cm³/mol. The number of cyclic esters (lactones) is 2. The van der Waals surface area contributed by atoms with Crippen LogP contribution in [-0.4, -0.2) is 287 Å². The maximum absolute atomic E-state index is 13.1. The Kier molecular flexibility index (Phi) is 59.7. The number of nitrogens with zero attached hydrogens (tertiary/aromatic N) is 5. The first-order chi connectivity index (χ1) is 55.5. The number of benzene rings is 2. The zero-order valence-corrected chi connectivity index (χ0v) is 78.8. The topological polar surface area (TPSA) is 398 Å². The molecule has 0 spiro atoms. The van der Waals surface area contributed by atoms with Crippen LogP contribution in [0.25, 0.3) is 0 Å². The van der Waals surface area contributed by atoms with Gasteiger partial charge in [0.05, 0.1) is 35.8 Å². The first kappa shape index (κ1) is 115. The normalized spacial score (nSPS) is 15.6. The summed E-state index contributed by atoms with van der Waals surface area (Å²) >= 11 is 6.58. The Morgan fingerprint density at radius 3 is 1.22 bits per heavy atom. The summed E-state index contributed by atoms with van der Waals surface area (Å²) < 4.78 is 11.0. The van der Waals surface area contributed by atoms with Crippen molar-refractivity contribution in [3.8, 4) is 0 Å². The van der Waals surface area contributed by atoms with Crippen LogP contribution >= 0.6 is 47.0 Å². The van der Waals surface area contributed by atoms with Crippen LogP contribution in [0, 0.1) is 34.5 Å². The predicted octanol–water partition coefficient (Wildman–Crippen LogP) is 11.3. The Hall–Kier alpha value is -7.69. The molecule has 2 aromatic carbocycles. The number of hydrogen-bond donors (Lipinski definition) is 9. The molecule has 0 radical (unpaired) electrons. The van der Waals surface area contributed by atoms with Crippen molar-refractivity contribution in [1.82, 2.24) is 51.1 Å². The van der Waals surface area contributed by atoms with Crippen LogP contribution in [0.15, 0.2) is 85.0 Å². The van der Waals surface area contributed by atoms with Gasteiger partial charge in [0.1, 0.15) is 29.7 Å². The summed E-state index contributed by atoms with van der Waals surface area (Å²) in [7, 11) is 13.9. The zero-order valence-electron chi connectivity index (χ0n) is 75.5. The highest BCUT2D eigenvalue weighted by Crippen LogP contribution is 2.36. The van der Waals surface area contributed by atoms with Crippen LogP contribution in [-0.2, 0) is 75.1 Å². The molecule has 2 fully saturated rings. The van der Waals surface area contributed by atoms with Crippen molar-refractivity contribution in [3.63, 3.8) is 0 Å². The minimum atomic E-state index is -1.31. The third-order valence-corrected chi connectivity index (χ3v) is 22.2. The fraction of sp³-hybridized carbons (Fsp3) is 0.663. The number of likely N-dealkylation sites (N-methyl/N-ethyl adjacent to an activating group) is 2. The minimum Gasteiger partial charge on any atom is -0.481 e. The van der Waals surface area contributed by atoms with E-state index in [4.69, 9.17) is 29.9 Å². The molecule has 29 nitrogen and oxygen atoms in total. The number of carbonyl (C=O) groups excluding carboxylic acids is 9. The van der Waals surface area contributed by atoms with Crippen molar-refractivity contribution in [2.24, 2.45) is 34.5 Å². The van der Waals surface area contributed by atoms with Crippen LogP contribution in [0.3, 0.4) is 0 Å². The molecule has 2 saturated heterocycles. The molecule has 8 atom stereocenters. The van der Waals surface area contributed by atoms with Crippen LogP contribution in [0.1, 0.15) is 167 Å². The first-order valence-corrected chi connectivity index (χ1v) is 45.0. The molecule has 4 rings (SSSR count). The summed E-state index contributed by atoms with van der Waals surface area (Å²) in [6, 6.07) is 18.0. The Morgan fingerprint density at radius 2 is 0.882 bits per heavy atom. The standard InChI is InChI=1S/C20H30N2O3.C18H23NO3S.C17H33N3O3.C15H31N3O2S.C7H15NO2S.C6H10O2S.C3H4O4/c1-5-6-12-16(14-21-4)18(23)22-17(20(2,3)25-19(22)24)13-15-10-8-7-9-11-15;1-5-23-12-13(2)16(20)19-15(18(3,4)22-17(19)21)11-14-9-7-6-8-10-14;1-8-9-10-13(11-20(7)12-21)15(22)18-14(17(2,3)4)16(23)19(5)6;1-8-21-10-11(9-16-5)13(19)17-12(15(2,3)4)14(20)18(6)7;1-3-11-5-6(4-8-2)7(9)10;1-3-9-4-5(2)6(7)8;4-2(5)1-3(6)7/h7-11,16-17,21H,5-6,12-14H2,1-4H3;6-10,15H,2,5,11-12H2,1,3-4H3;12-14H,8-11H2,1-7H3,(H,18,22);11-12,16H,8-10H2,1-7H3,(H,17,19);6,8H,3-5H2,1-2H3,(H,9,10);2-4H2,1H3,(H,7,8);1H2,(H,4,5)(H,6,7)/t16-,17+;15-;13-,14-;11-,12+;6-;;/m10100../s1. The quantitative estimate of drug-likeness (QED) is 0.0169. The summed E-state index contributed by atoms with van der Waals surface area (Å²) in [6.45, 7) is 40.7. The van der Waals surface area contributed by atoms with E-state index >= 15 is 0 Å². The van der Waals surface area contributed by atoms with Gasteiger partial charge in [-0.15, -0.1) is 0 Å². The average molecular weight is 1750 g/mol. The van der Waals surface area contributed by atoms with Gasteiger partial charge in [-0.25, -0.2) is 24.2 Å². The zero-order chi connectivity index (χ0) is 92.1. The van der Waals surface area contributed by atoms with Gasteiger partial charge in [0.25, 0.3) is 5.91 Å². The maximum atomic E-state index is 13.1. The van der Waals surface area contributed by atoms with Crippen LogP contribution in [0.2, 0.25) is 0 Å². The molecule has 678 valence electrons. The minimum absolute atomic E-state index is 0.0552. The fourth-order valence-electron chi connectivity index (χ4n) is 11.4. The smallest absolute Gasteiger partial charge is 0.417 e. The van der Waals surface area contributed by atoms with Gasteiger partial charge >= 0.3 is 36.1 Å². The Labute approximate surface area is 727 Å². The van der Waals surface area contributed by atoms with Crippen LogP contribution in [0.4, 0.5) is 9.59 Å². The van der Waals surface area contributed by atoms with Gasteiger partial charge in [-0.05, 0) is 119 Å². The number of carboxylic acids is 4. The second kappa shape index (κ2) is 61.6. The number of nitrogens with one attached hydrogen (secondary N) is 5. The number of unbranched alkanes of at least 4 members (excludes halogenated alkanes) is 2. The summed E-state index contributed by atoms with van der Waals surface area (Å²) in [5.74, 6) is 0.348. The van der Waals surface area contributed by atoms with Crippen LogP contribution < -0.4 is 26.6 Å². The Balaban J connectivity index is -0.00000137. The number of carboxylic acid groups (broad SMARTS) is 4. The van der Waals surface area contributed by atoms with Crippen molar-refractivity contribution in [2.75, 3.05) is 129 Å². The monoisotopic (exact) mass is 1750 g/mol. The third-order valence-electron chi connectivity index (χ3n) is 18.2. The van der Waals surface area contributed by atoms with E-state index in [1.807, 2.05) is 165 Å². The lowest BCUT2D eigenvalue weighted by Gasteiger charge is -2.33. The summed E-state index contributed by atoms with van der Waals surface area (Å²) in [5, 5.41) is 47.2. The lowest BCUT2D eigenvalue weighted by atomic mass is 9.85. The molecule has 9 amide bonds. The lowest BCUT2D eigenvalue weighted by molar-refractivity contribution is -0.147. The number of amides is 9. The molecule has 0 bridgehead atoms. The van der Waals surface area contributed by atoms with Gasteiger partial charge in [-0.2, -0.15) is 47.0 Å². The van der Waals surface area contributed by atoms with Gasteiger partial charge < -0.3 is 71.2 Å². The second-order valence-corrected chi connectivity index (χ2v) is 37.2. The van der Waals surface area contributed by atoms with E-state index in [-0.39, 0.29) is 87.6 Å². The molecule has 0 saturated carbocycles. The fourth-order valence-corrected chi connectivity index (χ4v) is 14.1. The molecule has 0 aromatic heterocycles. The molecular formula is C86H146N10O19S4. The van der Waals surface area contributed by atoms with Gasteiger partial charge in [-0.1, -0.05) is 183 Å². The number of ether oxygens (including phenoxy) is 2. The number of imide groups is 2. The molecule has 0 unspecified atom stereocenters. The Bertz CT molecular complexity index is 3400. The molecule has 0 aliphatic carbocycles.